The first-order chi connectivity index (χ1) is 25.6. The number of benzene rings is 2. The van der Waals surface area contributed by atoms with Gasteiger partial charge in [0.1, 0.15) is 33.6 Å². The molecule has 2 aromatic rings. The molecular weight excluding hydrogens is 912 g/mol. The lowest BCUT2D eigenvalue weighted by atomic mass is 10.1. The molecular formula is C34H42Cl8N2O10S. The van der Waals surface area contributed by atoms with E-state index in [0.29, 0.717) is 26.2 Å². The van der Waals surface area contributed by atoms with E-state index < -0.39 is 53.2 Å². The fraction of sp³-hybridized carbons (Fsp3) is 0.471. The van der Waals surface area contributed by atoms with Gasteiger partial charge in [0.15, 0.2) is 0 Å². The van der Waals surface area contributed by atoms with Crippen molar-refractivity contribution in [3.8, 4) is 0 Å². The van der Waals surface area contributed by atoms with Crippen LogP contribution in [0.3, 0.4) is 0 Å². The molecule has 21 heteroatoms. The van der Waals surface area contributed by atoms with Crippen LogP contribution in [0.2, 0.25) is 0 Å². The molecule has 310 valence electrons. The van der Waals surface area contributed by atoms with E-state index in [9.17, 15) is 28.8 Å². The van der Waals surface area contributed by atoms with Crippen LogP contribution < -0.4 is 5.32 Å². The summed E-state index contributed by atoms with van der Waals surface area (Å²) in [6, 6.07) is 18.9. The first-order valence-corrected chi connectivity index (χ1v) is 21.3. The van der Waals surface area contributed by atoms with Crippen LogP contribution in [-0.4, -0.2) is 95.3 Å². The molecule has 2 aliphatic heterocycles. The zero-order chi connectivity index (χ0) is 42.7. The summed E-state index contributed by atoms with van der Waals surface area (Å²) >= 11 is 30.8. The Morgan fingerprint density at radius 2 is 1.13 bits per heavy atom. The molecule has 0 aliphatic carbocycles. The third-order valence-electron chi connectivity index (χ3n) is 6.40. The van der Waals surface area contributed by atoms with Gasteiger partial charge < -0.3 is 24.8 Å². The van der Waals surface area contributed by atoms with Gasteiger partial charge in [-0.15, -0.1) is 46.4 Å². The van der Waals surface area contributed by atoms with Crippen LogP contribution in [0, 0.1) is 0 Å². The molecule has 2 heterocycles. The van der Waals surface area contributed by atoms with Crippen molar-refractivity contribution in [1.29, 1.82) is 0 Å². The average molecular weight is 954 g/mol. The minimum Gasteiger partial charge on any atom is -0.480 e. The van der Waals surface area contributed by atoms with E-state index in [0.717, 1.165) is 18.5 Å². The van der Waals surface area contributed by atoms with Crippen LogP contribution in [0.4, 0.5) is 0 Å². The summed E-state index contributed by atoms with van der Waals surface area (Å²) in [5.41, 5.74) is 2.15. The molecule has 2 unspecified atom stereocenters. The zero-order valence-electron chi connectivity index (χ0n) is 30.0. The minimum atomic E-state index is -1.67. The number of amides is 1. The second kappa shape index (κ2) is 32.1. The summed E-state index contributed by atoms with van der Waals surface area (Å²) in [7, 11) is 7.36. The molecule has 0 radical (unpaired) electrons. The molecule has 0 aromatic heterocycles. The summed E-state index contributed by atoms with van der Waals surface area (Å²) < 4.78 is 18.9. The SMILES string of the molecule is C[C@@H](Cl)C(=O)Cl.C[C@@H](Cl)C(=O)Cl.C[C@@H](Cl)C(=O)N(Cc1ccccc1)C1CCOC1=O.C[C@@H](Cl)C(=O)O.O=C1OCCC1NCc1ccccc1.O=S(Cl)Cl. The molecule has 0 bridgehead atoms. The van der Waals surface area contributed by atoms with Gasteiger partial charge in [-0.25, -0.2) is 9.00 Å². The van der Waals surface area contributed by atoms with E-state index in [-0.39, 0.29) is 23.9 Å². The number of ether oxygens (including phenoxy) is 2. The van der Waals surface area contributed by atoms with Crippen molar-refractivity contribution in [1.82, 2.24) is 10.2 Å². The van der Waals surface area contributed by atoms with E-state index in [1.165, 1.54) is 31.2 Å². The van der Waals surface area contributed by atoms with E-state index in [1.807, 2.05) is 60.7 Å². The van der Waals surface area contributed by atoms with Crippen molar-refractivity contribution in [2.75, 3.05) is 13.2 Å². The molecule has 12 nitrogen and oxygen atoms in total. The monoisotopic (exact) mass is 950 g/mol. The van der Waals surface area contributed by atoms with Crippen LogP contribution in [-0.2, 0) is 60.6 Å². The van der Waals surface area contributed by atoms with Gasteiger partial charge in [-0.2, -0.15) is 0 Å². The van der Waals surface area contributed by atoms with E-state index in [1.54, 1.807) is 6.92 Å². The predicted molar refractivity (Wildman–Crippen MR) is 219 cm³/mol. The Hall–Kier alpha value is -1.91. The number of halogens is 8. The molecule has 6 atom stereocenters. The van der Waals surface area contributed by atoms with Crippen LogP contribution in [0.1, 0.15) is 51.7 Å². The Morgan fingerprint density at radius 1 is 0.745 bits per heavy atom. The molecule has 4 rings (SSSR count). The summed E-state index contributed by atoms with van der Waals surface area (Å²) in [6.07, 6.45) is 1.31. The number of aliphatic carboxylic acids is 1. The Labute approximate surface area is 362 Å². The highest BCUT2D eigenvalue weighted by atomic mass is 36.0. The molecule has 1 amide bonds. The van der Waals surface area contributed by atoms with Gasteiger partial charge in [-0.1, -0.05) is 60.7 Å². The lowest BCUT2D eigenvalue weighted by Gasteiger charge is -2.27. The van der Waals surface area contributed by atoms with Gasteiger partial charge in [0.05, 0.1) is 13.2 Å². The fourth-order valence-corrected chi connectivity index (χ4v) is 3.76. The Kier molecular flexibility index (Phi) is 32.2. The Balaban J connectivity index is 0. The second-order valence-corrected chi connectivity index (χ2v) is 16.8. The number of carboxylic acids is 1. The smallest absolute Gasteiger partial charge is 0.329 e. The predicted octanol–water partition coefficient (Wildman–Crippen LogP) is 7.55. The number of nitrogens with zero attached hydrogens (tertiary/aromatic N) is 1. The molecule has 2 N–H and O–H groups in total. The number of carboxylic acid groups (broad SMARTS) is 1. The Bertz CT molecular complexity index is 1430. The lowest BCUT2D eigenvalue weighted by molar-refractivity contribution is -0.148. The third kappa shape index (κ3) is 29.0. The van der Waals surface area contributed by atoms with Crippen molar-refractivity contribution >= 4 is 134 Å². The molecule has 2 aromatic carbocycles. The topological polar surface area (TPSA) is 173 Å². The van der Waals surface area contributed by atoms with Crippen LogP contribution in [0.25, 0.3) is 0 Å². The number of hydrogen-bond acceptors (Lipinski definition) is 10. The first kappa shape index (κ1) is 55.2. The van der Waals surface area contributed by atoms with Crippen molar-refractivity contribution in [2.24, 2.45) is 0 Å². The highest BCUT2D eigenvalue weighted by Crippen LogP contribution is 2.19. The number of cyclic esters (lactones) is 2. The third-order valence-corrected chi connectivity index (χ3v) is 8.05. The maximum absolute atomic E-state index is 12.2. The summed E-state index contributed by atoms with van der Waals surface area (Å²) in [4.78, 5) is 65.6. The molecule has 0 saturated carbocycles. The summed E-state index contributed by atoms with van der Waals surface area (Å²) in [5, 5.41) is 7.51. The summed E-state index contributed by atoms with van der Waals surface area (Å²) in [5.74, 6) is -1.69. The van der Waals surface area contributed by atoms with Gasteiger partial charge in [0.25, 0.3) is 0 Å². The quantitative estimate of drug-likeness (QED) is 0.137. The van der Waals surface area contributed by atoms with Gasteiger partial charge >= 0.3 is 17.9 Å². The van der Waals surface area contributed by atoms with Crippen molar-refractivity contribution in [3.05, 3.63) is 71.8 Å². The first-order valence-electron chi connectivity index (χ1n) is 16.0. The van der Waals surface area contributed by atoms with Gasteiger partial charge in [0.2, 0.25) is 25.6 Å². The van der Waals surface area contributed by atoms with Gasteiger partial charge in [-0.05, 0) is 62.0 Å². The standard InChI is InChI=1S/C14H16ClNO3.C11H13NO2.2C3H4Cl2O.C3H5ClO2.Cl2OS/c1-10(15)13(17)16(12-7-8-19-14(12)18)9-11-5-3-2-4-6-11;13-11-10(6-7-14-11)12-8-9-4-2-1-3-5-9;3*1-2(4)3(5)6;1-4(2)3/h2-6,10,12H,7-9H2,1H3;1-5,10,12H,6-8H2;2*2H,1H3;2H,1H3,(H,5,6);/t10-,12?;;3*2-;/m1.111./s1. The minimum absolute atomic E-state index is 0.116. The number of carbonyl (C=O) groups is 6. The Morgan fingerprint density at radius 3 is 1.44 bits per heavy atom. The number of hydrogen-bond donors (Lipinski definition) is 2. The molecule has 2 aliphatic rings. The lowest BCUT2D eigenvalue weighted by Crippen LogP contribution is -2.45. The van der Waals surface area contributed by atoms with Gasteiger partial charge in [0, 0.05) is 47.3 Å². The normalized spacial score (nSPS) is 17.3. The number of alkyl halides is 4. The number of carbonyl (C=O) groups excluding carboxylic acids is 5. The number of esters is 2. The summed E-state index contributed by atoms with van der Waals surface area (Å²) in [6.45, 7) is 8.07. The van der Waals surface area contributed by atoms with Gasteiger partial charge in [-0.3, -0.25) is 24.0 Å². The molecule has 2 fully saturated rings. The number of rotatable bonds is 10. The molecule has 0 spiro atoms. The van der Waals surface area contributed by atoms with Crippen molar-refractivity contribution < 1.29 is 47.6 Å². The molecule has 2 saturated heterocycles. The maximum atomic E-state index is 12.2. The van der Waals surface area contributed by atoms with E-state index in [2.05, 4.69) is 26.7 Å². The zero-order valence-corrected chi connectivity index (χ0v) is 36.8. The maximum Gasteiger partial charge on any atom is 0.329 e. The second-order valence-electron chi connectivity index (χ2n) is 10.9. The van der Waals surface area contributed by atoms with Crippen LogP contribution in [0.15, 0.2) is 60.7 Å². The number of nitrogens with one attached hydrogen (secondary N) is 1. The van der Waals surface area contributed by atoms with Crippen LogP contribution >= 0.6 is 91.0 Å². The average Bonchev–Trinajstić information content (AvgIpc) is 3.74. The highest BCUT2D eigenvalue weighted by molar-refractivity contribution is 8.26. The fourth-order valence-electron chi connectivity index (χ4n) is 3.64. The molecule has 55 heavy (non-hydrogen) atoms. The van der Waals surface area contributed by atoms with Crippen molar-refractivity contribution in [2.45, 2.75) is 87.2 Å². The van der Waals surface area contributed by atoms with E-state index >= 15 is 0 Å². The van der Waals surface area contributed by atoms with E-state index in [4.69, 9.17) is 88.4 Å². The highest BCUT2D eigenvalue weighted by Gasteiger charge is 2.36. The van der Waals surface area contributed by atoms with Crippen molar-refractivity contribution in [3.63, 3.8) is 0 Å². The largest absolute Gasteiger partial charge is 0.480 e. The van der Waals surface area contributed by atoms with Crippen LogP contribution in [0.5, 0.6) is 0 Å².